The number of aliphatic hydroxyl groups excluding tert-OH is 1. The minimum absolute atomic E-state index is 0.174. The maximum absolute atomic E-state index is 13.8. The van der Waals surface area contributed by atoms with E-state index < -0.39 is 41.5 Å². The van der Waals surface area contributed by atoms with E-state index in [2.05, 4.69) is 26.6 Å². The summed E-state index contributed by atoms with van der Waals surface area (Å²) >= 11 is 9.59. The number of nitrogens with zero attached hydrogens (tertiary/aromatic N) is 1. The van der Waals surface area contributed by atoms with Gasteiger partial charge in [-0.15, -0.1) is 0 Å². The Balaban J connectivity index is 1.77. The third kappa shape index (κ3) is 3.96. The molecule has 10 heteroatoms. The van der Waals surface area contributed by atoms with Crippen molar-refractivity contribution in [1.29, 1.82) is 0 Å². The zero-order chi connectivity index (χ0) is 24.1. The van der Waals surface area contributed by atoms with Gasteiger partial charge in [0, 0.05) is 22.6 Å². The zero-order valence-corrected chi connectivity index (χ0v) is 21.1. The van der Waals surface area contributed by atoms with Gasteiger partial charge in [0.15, 0.2) is 0 Å². The molecule has 3 saturated heterocycles. The lowest BCUT2D eigenvalue weighted by atomic mass is 9.70. The maximum Gasteiger partial charge on any atom is 0.250 e. The van der Waals surface area contributed by atoms with Crippen LogP contribution in [0.25, 0.3) is 0 Å². The predicted molar refractivity (Wildman–Crippen MR) is 127 cm³/mol. The topological polar surface area (TPSA) is 108 Å². The number of carbonyl (C=O) groups excluding carboxylic acids is 3. The standard InChI is InChI=1S/C23H29BrClN3O5/c1-11(2)8-14(10-29)28-19(21(31)27-13-6-4-12(25)5-7-13)23-9-15(24)18(33-23)16(20(30)26-3)17(23)22(28)32/h4-7,11,14-19,29H,8-10H2,1-3H3,(H,26,30)(H,27,31)/t14-,15?,16-,17+,18-,19?,23?/m1/s1. The molecule has 1 spiro atoms. The lowest BCUT2D eigenvalue weighted by Crippen LogP contribution is -2.56. The summed E-state index contributed by atoms with van der Waals surface area (Å²) in [5.74, 6) is -2.33. The van der Waals surface area contributed by atoms with Crippen LogP contribution in [0, 0.1) is 17.8 Å². The second-order valence-electron chi connectivity index (χ2n) is 9.49. The first-order valence-corrected chi connectivity index (χ1v) is 12.5. The van der Waals surface area contributed by atoms with Gasteiger partial charge in [-0.25, -0.2) is 0 Å². The van der Waals surface area contributed by atoms with Gasteiger partial charge in [0.2, 0.25) is 17.7 Å². The third-order valence-electron chi connectivity index (χ3n) is 6.98. The molecule has 3 N–H and O–H groups in total. The van der Waals surface area contributed by atoms with Crippen LogP contribution in [0.15, 0.2) is 24.3 Å². The Bertz CT molecular complexity index is 945. The number of rotatable bonds is 7. The van der Waals surface area contributed by atoms with Gasteiger partial charge in [-0.1, -0.05) is 41.4 Å². The Morgan fingerprint density at radius 1 is 1.30 bits per heavy atom. The lowest BCUT2D eigenvalue weighted by molar-refractivity contribution is -0.144. The van der Waals surface area contributed by atoms with Gasteiger partial charge >= 0.3 is 0 Å². The van der Waals surface area contributed by atoms with Crippen molar-refractivity contribution >= 4 is 50.9 Å². The highest BCUT2D eigenvalue weighted by Crippen LogP contribution is 2.60. The monoisotopic (exact) mass is 541 g/mol. The first kappa shape index (κ1) is 24.4. The summed E-state index contributed by atoms with van der Waals surface area (Å²) in [6, 6.07) is 5.14. The van der Waals surface area contributed by atoms with Gasteiger partial charge < -0.3 is 25.4 Å². The number of likely N-dealkylation sites (tertiary alicyclic amines) is 1. The number of aliphatic hydroxyl groups is 1. The Kier molecular flexibility index (Phi) is 6.79. The van der Waals surface area contributed by atoms with Crippen LogP contribution in [-0.2, 0) is 19.1 Å². The van der Waals surface area contributed by atoms with E-state index in [1.165, 1.54) is 11.9 Å². The van der Waals surface area contributed by atoms with E-state index in [9.17, 15) is 19.5 Å². The van der Waals surface area contributed by atoms with Gasteiger partial charge in [0.05, 0.1) is 30.6 Å². The zero-order valence-electron chi connectivity index (χ0n) is 18.8. The number of fused-ring (bicyclic) bond motifs is 1. The highest BCUT2D eigenvalue weighted by atomic mass is 79.9. The molecule has 2 bridgehead atoms. The number of ether oxygens (including phenoxy) is 1. The average molecular weight is 543 g/mol. The number of benzene rings is 1. The molecule has 3 aliphatic heterocycles. The van der Waals surface area contributed by atoms with E-state index in [4.69, 9.17) is 16.3 Å². The molecule has 3 fully saturated rings. The summed E-state index contributed by atoms with van der Waals surface area (Å²) in [6.07, 6.45) is 0.419. The highest BCUT2D eigenvalue weighted by molar-refractivity contribution is 9.09. The van der Waals surface area contributed by atoms with E-state index in [-0.39, 0.29) is 29.2 Å². The van der Waals surface area contributed by atoms with E-state index in [0.29, 0.717) is 23.6 Å². The fourth-order valence-electron chi connectivity index (χ4n) is 5.79. The fraction of sp³-hybridized carbons (Fsp3) is 0.609. The average Bonchev–Trinajstić information content (AvgIpc) is 3.36. The van der Waals surface area contributed by atoms with Crippen molar-refractivity contribution in [2.45, 2.75) is 55.3 Å². The molecule has 3 unspecified atom stereocenters. The molecule has 3 aliphatic rings. The molecule has 0 aromatic heterocycles. The highest BCUT2D eigenvalue weighted by Gasteiger charge is 2.76. The van der Waals surface area contributed by atoms with Crippen LogP contribution in [0.3, 0.4) is 0 Å². The quantitative estimate of drug-likeness (QED) is 0.458. The fourth-order valence-corrected chi connectivity index (χ4v) is 6.86. The molecule has 4 rings (SSSR count). The Labute approximate surface area is 206 Å². The first-order valence-electron chi connectivity index (χ1n) is 11.2. The number of hydrogen-bond acceptors (Lipinski definition) is 5. The van der Waals surface area contributed by atoms with Gasteiger partial charge in [-0.2, -0.15) is 0 Å². The number of nitrogens with one attached hydrogen (secondary N) is 2. The van der Waals surface area contributed by atoms with Crippen LogP contribution in [-0.4, -0.2) is 70.0 Å². The van der Waals surface area contributed by atoms with Crippen molar-refractivity contribution < 1.29 is 24.2 Å². The summed E-state index contributed by atoms with van der Waals surface area (Å²) in [7, 11) is 1.53. The maximum atomic E-state index is 13.8. The van der Waals surface area contributed by atoms with Gasteiger partial charge in [-0.05, 0) is 43.0 Å². The molecule has 3 heterocycles. The van der Waals surface area contributed by atoms with E-state index in [1.807, 2.05) is 13.8 Å². The molecule has 1 aromatic carbocycles. The number of halogens is 2. The number of amides is 3. The minimum Gasteiger partial charge on any atom is -0.394 e. The number of anilines is 1. The number of hydrogen-bond donors (Lipinski definition) is 3. The van der Waals surface area contributed by atoms with E-state index in [1.54, 1.807) is 24.3 Å². The largest absolute Gasteiger partial charge is 0.394 e. The van der Waals surface area contributed by atoms with Crippen molar-refractivity contribution in [3.8, 4) is 0 Å². The molecule has 1 aromatic rings. The van der Waals surface area contributed by atoms with E-state index >= 15 is 0 Å². The van der Waals surface area contributed by atoms with Crippen molar-refractivity contribution in [2.24, 2.45) is 17.8 Å². The molecular formula is C23H29BrClN3O5. The second-order valence-corrected chi connectivity index (χ2v) is 11.1. The van der Waals surface area contributed by atoms with Gasteiger partial charge in [0.1, 0.15) is 11.6 Å². The van der Waals surface area contributed by atoms with Crippen molar-refractivity contribution in [3.63, 3.8) is 0 Å². The SMILES string of the molecule is CNC(=O)[C@H]1[C@@H]2OC3(CC2Br)C(C(=O)Nc2ccc(Cl)cc2)N([C@@H](CO)CC(C)C)C(=O)[C@H]13. The van der Waals surface area contributed by atoms with Crippen molar-refractivity contribution in [3.05, 3.63) is 29.3 Å². The lowest BCUT2D eigenvalue weighted by Gasteiger charge is -2.37. The smallest absolute Gasteiger partial charge is 0.250 e. The Hall–Kier alpha value is -1.68. The molecule has 0 aliphatic carbocycles. The second kappa shape index (κ2) is 9.17. The molecule has 8 nitrogen and oxygen atoms in total. The van der Waals surface area contributed by atoms with Crippen LogP contribution < -0.4 is 10.6 Å². The van der Waals surface area contributed by atoms with Crippen LogP contribution in [0.2, 0.25) is 5.02 Å². The summed E-state index contributed by atoms with van der Waals surface area (Å²) in [6.45, 7) is 3.70. The van der Waals surface area contributed by atoms with E-state index in [0.717, 1.165) is 0 Å². The first-order chi connectivity index (χ1) is 15.6. The minimum atomic E-state index is -1.16. The van der Waals surface area contributed by atoms with Gasteiger partial charge in [-0.3, -0.25) is 14.4 Å². The van der Waals surface area contributed by atoms with Gasteiger partial charge in [0.25, 0.3) is 0 Å². The molecular weight excluding hydrogens is 514 g/mol. The van der Waals surface area contributed by atoms with Crippen molar-refractivity contribution in [2.75, 3.05) is 19.0 Å². The Morgan fingerprint density at radius 2 is 1.97 bits per heavy atom. The Morgan fingerprint density at radius 3 is 2.55 bits per heavy atom. The summed E-state index contributed by atoms with van der Waals surface area (Å²) in [5.41, 5.74) is -0.625. The molecule has 0 saturated carbocycles. The van der Waals surface area contributed by atoms with Crippen LogP contribution >= 0.6 is 27.5 Å². The van der Waals surface area contributed by atoms with Crippen LogP contribution in [0.5, 0.6) is 0 Å². The van der Waals surface area contributed by atoms with Crippen LogP contribution in [0.1, 0.15) is 26.7 Å². The predicted octanol–water partition coefficient (Wildman–Crippen LogP) is 2.18. The number of alkyl halides is 1. The summed E-state index contributed by atoms with van der Waals surface area (Å²) in [5, 5.41) is 16.3. The third-order valence-corrected chi connectivity index (χ3v) is 8.08. The molecule has 0 radical (unpaired) electrons. The molecule has 7 atom stereocenters. The number of carbonyl (C=O) groups is 3. The normalized spacial score (nSPS) is 33.4. The molecule has 3 amide bonds. The summed E-state index contributed by atoms with van der Waals surface area (Å²) < 4.78 is 6.39. The van der Waals surface area contributed by atoms with Crippen LogP contribution in [0.4, 0.5) is 5.69 Å². The summed E-state index contributed by atoms with van der Waals surface area (Å²) in [4.78, 5) is 41.7. The van der Waals surface area contributed by atoms with Crippen molar-refractivity contribution in [1.82, 2.24) is 10.2 Å². The molecule has 33 heavy (non-hydrogen) atoms. The molecule has 180 valence electrons.